The van der Waals surface area contributed by atoms with Crippen molar-refractivity contribution in [3.8, 4) is 0 Å². The first kappa shape index (κ1) is 11.0. The van der Waals surface area contributed by atoms with Crippen LogP contribution in [-0.2, 0) is 19.2 Å². The van der Waals surface area contributed by atoms with Gasteiger partial charge in [-0.3, -0.25) is 4.79 Å². The minimum atomic E-state index is -3.92. The molecule has 0 aliphatic rings. The Kier molecular flexibility index (Phi) is 2.71. The Balaban J connectivity index is 5.27. The second kappa shape index (κ2) is 3.19. The highest BCUT2D eigenvalue weighted by Gasteiger charge is 2.55. The Hall–Kier alpha value is -1.96. The Morgan fingerprint density at radius 1 is 0.846 bits per heavy atom. The zero-order valence-corrected chi connectivity index (χ0v) is 5.92. The molecular weight excluding hydrogens is 188 g/mol. The van der Waals surface area contributed by atoms with Crippen LogP contribution in [0.1, 0.15) is 0 Å². The smallest absolute Gasteiger partial charge is 0.376 e. The van der Waals surface area contributed by atoms with E-state index >= 15 is 0 Å². The SMILES string of the molecule is O=C(O)C(=O)C(O)(C(=O)O)C(=O)O. The van der Waals surface area contributed by atoms with Gasteiger partial charge >= 0.3 is 23.5 Å². The summed E-state index contributed by atoms with van der Waals surface area (Å²) in [7, 11) is 0. The van der Waals surface area contributed by atoms with Crippen molar-refractivity contribution < 1.29 is 39.6 Å². The molecule has 0 aliphatic heterocycles. The molecule has 0 radical (unpaired) electrons. The number of carboxylic acids is 3. The molecule has 4 N–H and O–H groups in total. The van der Waals surface area contributed by atoms with Crippen molar-refractivity contribution in [3.63, 3.8) is 0 Å². The summed E-state index contributed by atoms with van der Waals surface area (Å²) in [5, 5.41) is 32.9. The highest BCUT2D eigenvalue weighted by Crippen LogP contribution is 2.07. The van der Waals surface area contributed by atoms with Crippen molar-refractivity contribution in [1.29, 1.82) is 0 Å². The number of hydrogen-bond acceptors (Lipinski definition) is 5. The maximum atomic E-state index is 10.4. The molecule has 72 valence electrons. The number of aliphatic carboxylic acids is 3. The summed E-state index contributed by atoms with van der Waals surface area (Å²) in [6, 6.07) is 0. The molecule has 0 atom stereocenters. The van der Waals surface area contributed by atoms with Gasteiger partial charge in [0.2, 0.25) is 0 Å². The van der Waals surface area contributed by atoms with Crippen LogP contribution in [0, 0.1) is 0 Å². The normalized spacial score (nSPS) is 10.5. The number of hydrogen-bond donors (Lipinski definition) is 4. The summed E-state index contributed by atoms with van der Waals surface area (Å²) in [6.07, 6.45) is 0. The molecular formula is C5H4O8. The second-order valence-corrected chi connectivity index (χ2v) is 1.95. The molecule has 0 saturated carbocycles. The van der Waals surface area contributed by atoms with Gasteiger partial charge in [-0.1, -0.05) is 0 Å². The van der Waals surface area contributed by atoms with Gasteiger partial charge in [0.05, 0.1) is 0 Å². The lowest BCUT2D eigenvalue weighted by molar-refractivity contribution is -0.182. The van der Waals surface area contributed by atoms with Crippen LogP contribution in [0.3, 0.4) is 0 Å². The van der Waals surface area contributed by atoms with Gasteiger partial charge in [-0.15, -0.1) is 0 Å². The molecule has 0 aromatic carbocycles. The van der Waals surface area contributed by atoms with Crippen LogP contribution < -0.4 is 0 Å². The quantitative estimate of drug-likeness (QED) is 0.283. The number of carboxylic acid groups (broad SMARTS) is 3. The molecule has 0 unspecified atom stereocenters. The van der Waals surface area contributed by atoms with Crippen molar-refractivity contribution in [2.24, 2.45) is 0 Å². The van der Waals surface area contributed by atoms with Crippen LogP contribution >= 0.6 is 0 Å². The Bertz CT molecular complexity index is 275. The van der Waals surface area contributed by atoms with E-state index in [0.29, 0.717) is 0 Å². The summed E-state index contributed by atoms with van der Waals surface area (Å²) in [4.78, 5) is 40.5. The molecule has 0 aliphatic carbocycles. The number of Topliss-reactive ketones (excluding diaryl/α,β-unsaturated/α-hetero) is 1. The maximum Gasteiger partial charge on any atom is 0.376 e. The lowest BCUT2D eigenvalue weighted by Crippen LogP contribution is -2.56. The first-order valence-corrected chi connectivity index (χ1v) is 2.71. The van der Waals surface area contributed by atoms with Crippen LogP contribution in [0.15, 0.2) is 0 Å². The number of aliphatic hydroxyl groups is 1. The molecule has 0 saturated heterocycles. The van der Waals surface area contributed by atoms with E-state index in [-0.39, 0.29) is 0 Å². The second-order valence-electron chi connectivity index (χ2n) is 1.95. The van der Waals surface area contributed by atoms with E-state index in [1.54, 1.807) is 0 Å². The molecule has 0 bridgehead atoms. The zero-order chi connectivity index (χ0) is 10.8. The molecule has 0 spiro atoms. The minimum Gasteiger partial charge on any atom is -0.478 e. The van der Waals surface area contributed by atoms with E-state index < -0.39 is 29.3 Å². The fraction of sp³-hybridized carbons (Fsp3) is 0.200. The summed E-state index contributed by atoms with van der Waals surface area (Å²) < 4.78 is 0. The largest absolute Gasteiger partial charge is 0.478 e. The predicted octanol–water partition coefficient (Wildman–Crippen LogP) is -2.46. The molecule has 0 aromatic rings. The molecule has 0 aromatic heterocycles. The van der Waals surface area contributed by atoms with E-state index in [2.05, 4.69) is 0 Å². The van der Waals surface area contributed by atoms with Gasteiger partial charge in [0.25, 0.3) is 5.78 Å². The number of ketones is 1. The van der Waals surface area contributed by atoms with Gasteiger partial charge in [0, 0.05) is 0 Å². The van der Waals surface area contributed by atoms with E-state index in [0.717, 1.165) is 0 Å². The first-order valence-electron chi connectivity index (χ1n) is 2.71. The molecule has 8 heteroatoms. The molecule has 0 heterocycles. The fourth-order valence-corrected chi connectivity index (χ4v) is 0.440. The zero-order valence-electron chi connectivity index (χ0n) is 5.92. The lowest BCUT2D eigenvalue weighted by Gasteiger charge is -2.13. The average molecular weight is 192 g/mol. The number of carbonyl (C=O) groups is 4. The summed E-state index contributed by atoms with van der Waals surface area (Å²) in [5.74, 6) is -9.57. The van der Waals surface area contributed by atoms with Crippen LogP contribution in [0.4, 0.5) is 0 Å². The lowest BCUT2D eigenvalue weighted by atomic mass is 9.99. The van der Waals surface area contributed by atoms with Crippen LogP contribution in [0.25, 0.3) is 0 Å². The van der Waals surface area contributed by atoms with Gasteiger partial charge in [-0.2, -0.15) is 0 Å². The van der Waals surface area contributed by atoms with E-state index in [9.17, 15) is 19.2 Å². The van der Waals surface area contributed by atoms with Gasteiger partial charge in [0.1, 0.15) is 0 Å². The molecule has 0 amide bonds. The summed E-state index contributed by atoms with van der Waals surface area (Å²) in [5.41, 5.74) is -3.92. The summed E-state index contributed by atoms with van der Waals surface area (Å²) in [6.45, 7) is 0. The van der Waals surface area contributed by atoms with E-state index in [1.165, 1.54) is 0 Å². The Morgan fingerprint density at radius 3 is 1.23 bits per heavy atom. The standard InChI is InChI=1S/C5H4O8/c6-1(2(7)8)5(13,3(9)10)4(11)12/h13H,(H,7,8)(H,9,10)(H,11,12). The number of rotatable bonds is 4. The third kappa shape index (κ3) is 1.62. The Morgan fingerprint density at radius 2 is 1.15 bits per heavy atom. The van der Waals surface area contributed by atoms with Crippen molar-refractivity contribution >= 4 is 23.7 Å². The fourth-order valence-electron chi connectivity index (χ4n) is 0.440. The Labute approximate surface area is 70.0 Å². The highest BCUT2D eigenvalue weighted by molar-refractivity contribution is 6.46. The number of carbonyl (C=O) groups excluding carboxylic acids is 1. The van der Waals surface area contributed by atoms with Gasteiger partial charge in [-0.25, -0.2) is 14.4 Å². The average Bonchev–Trinajstić information content (AvgIpc) is 2.00. The van der Waals surface area contributed by atoms with Crippen molar-refractivity contribution in [2.45, 2.75) is 5.60 Å². The molecule has 8 nitrogen and oxygen atoms in total. The maximum absolute atomic E-state index is 10.4. The van der Waals surface area contributed by atoms with Gasteiger partial charge < -0.3 is 20.4 Å². The van der Waals surface area contributed by atoms with Gasteiger partial charge in [0.15, 0.2) is 0 Å². The first-order chi connectivity index (χ1) is 5.74. The van der Waals surface area contributed by atoms with Crippen molar-refractivity contribution in [2.75, 3.05) is 0 Å². The molecule has 0 fully saturated rings. The topological polar surface area (TPSA) is 149 Å². The predicted molar refractivity (Wildman–Crippen MR) is 32.9 cm³/mol. The molecule has 0 rings (SSSR count). The minimum absolute atomic E-state index is 2.33. The van der Waals surface area contributed by atoms with E-state index in [4.69, 9.17) is 20.4 Å². The third-order valence-corrected chi connectivity index (χ3v) is 1.14. The third-order valence-electron chi connectivity index (χ3n) is 1.14. The van der Waals surface area contributed by atoms with Crippen molar-refractivity contribution in [1.82, 2.24) is 0 Å². The van der Waals surface area contributed by atoms with Crippen LogP contribution in [-0.4, -0.2) is 49.7 Å². The van der Waals surface area contributed by atoms with E-state index in [1.807, 2.05) is 0 Å². The monoisotopic (exact) mass is 192 g/mol. The molecule has 13 heavy (non-hydrogen) atoms. The van der Waals surface area contributed by atoms with Crippen LogP contribution in [0.2, 0.25) is 0 Å². The van der Waals surface area contributed by atoms with Crippen molar-refractivity contribution in [3.05, 3.63) is 0 Å². The highest BCUT2D eigenvalue weighted by atomic mass is 16.5. The van der Waals surface area contributed by atoms with Gasteiger partial charge in [-0.05, 0) is 0 Å². The summed E-state index contributed by atoms with van der Waals surface area (Å²) >= 11 is 0. The van der Waals surface area contributed by atoms with Crippen LogP contribution in [0.5, 0.6) is 0 Å².